The van der Waals surface area contributed by atoms with Gasteiger partial charge in [0.25, 0.3) is 0 Å². The van der Waals surface area contributed by atoms with Gasteiger partial charge in [-0.25, -0.2) is 13.7 Å². The Morgan fingerprint density at radius 1 is 1.44 bits per heavy atom. The summed E-state index contributed by atoms with van der Waals surface area (Å²) in [5.41, 5.74) is 0.387. The summed E-state index contributed by atoms with van der Waals surface area (Å²) in [7, 11) is 0. The quantitative estimate of drug-likeness (QED) is 0.895. The molecule has 0 saturated carbocycles. The molecule has 18 heavy (non-hydrogen) atoms. The van der Waals surface area contributed by atoms with Gasteiger partial charge in [-0.05, 0) is 13.0 Å². The van der Waals surface area contributed by atoms with Crippen LogP contribution >= 0.6 is 0 Å². The zero-order chi connectivity index (χ0) is 13.1. The van der Waals surface area contributed by atoms with Gasteiger partial charge in [0.2, 0.25) is 11.3 Å². The third kappa shape index (κ3) is 3.12. The van der Waals surface area contributed by atoms with Crippen molar-refractivity contribution in [2.45, 2.75) is 25.4 Å². The normalized spacial score (nSPS) is 29.4. The second kappa shape index (κ2) is 5.85. The lowest BCUT2D eigenvalue weighted by molar-refractivity contribution is -0.0549. The fraction of sp³-hybridized carbons (Fsp3) is 0.455. The van der Waals surface area contributed by atoms with Crippen LogP contribution in [0.4, 0.5) is 4.39 Å². The van der Waals surface area contributed by atoms with Crippen LogP contribution in [0.15, 0.2) is 24.3 Å². The zero-order valence-electron chi connectivity index (χ0n) is 9.75. The average Bonchev–Trinajstić information content (AvgIpc) is 2.68. The molecular formula is C11H14FNO4S. The van der Waals surface area contributed by atoms with Crippen LogP contribution in [0, 0.1) is 5.82 Å². The summed E-state index contributed by atoms with van der Waals surface area (Å²) in [6.45, 7) is 1.68. The Balaban J connectivity index is 2.14. The fourth-order valence-corrected chi connectivity index (χ4v) is 2.15. The number of halogens is 1. The standard InChI is InChI=1S/C11H14FNO4S/c1-7-16-10(6-15-18(13)14)11(17-7)8-4-2-3-5-9(8)12/h2-5,7,10-11H,6,13H2,1H3/t7?,10-,11-,18?/m1/s1. The maximum Gasteiger partial charge on any atom is 0.231 e. The van der Waals surface area contributed by atoms with Crippen molar-refractivity contribution in [2.75, 3.05) is 6.61 Å². The summed E-state index contributed by atoms with van der Waals surface area (Å²) in [4.78, 5) is 0. The highest BCUT2D eigenvalue weighted by molar-refractivity contribution is 7.77. The van der Waals surface area contributed by atoms with Crippen LogP contribution in [0.5, 0.6) is 0 Å². The molecule has 0 bridgehead atoms. The van der Waals surface area contributed by atoms with Crippen LogP contribution in [-0.2, 0) is 24.9 Å². The molecule has 1 aliphatic rings. The van der Waals surface area contributed by atoms with Crippen molar-refractivity contribution in [1.82, 2.24) is 0 Å². The predicted molar refractivity (Wildman–Crippen MR) is 62.8 cm³/mol. The molecule has 0 aliphatic carbocycles. The molecule has 1 aromatic carbocycles. The first-order valence-electron chi connectivity index (χ1n) is 5.42. The number of rotatable bonds is 4. The Bertz CT molecular complexity index is 445. The second-order valence-corrected chi connectivity index (χ2v) is 4.62. The molecule has 1 saturated heterocycles. The van der Waals surface area contributed by atoms with E-state index < -0.39 is 29.8 Å². The van der Waals surface area contributed by atoms with E-state index in [1.165, 1.54) is 6.07 Å². The summed E-state index contributed by atoms with van der Waals surface area (Å²) < 4.78 is 40.1. The molecule has 2 unspecified atom stereocenters. The SMILES string of the molecule is CC1O[C@H](c2ccccc2F)[C@@H](COS(N)=O)O1. The monoisotopic (exact) mass is 275 g/mol. The molecule has 7 heteroatoms. The van der Waals surface area contributed by atoms with Gasteiger partial charge in [-0.3, -0.25) is 4.18 Å². The van der Waals surface area contributed by atoms with Gasteiger partial charge in [-0.1, -0.05) is 18.2 Å². The molecule has 0 aromatic heterocycles. The Kier molecular flexibility index (Phi) is 4.41. The van der Waals surface area contributed by atoms with E-state index in [-0.39, 0.29) is 12.4 Å². The van der Waals surface area contributed by atoms with E-state index in [0.29, 0.717) is 5.56 Å². The first-order valence-corrected chi connectivity index (χ1v) is 6.56. The molecule has 2 N–H and O–H groups in total. The van der Waals surface area contributed by atoms with Gasteiger partial charge in [0.05, 0.1) is 6.61 Å². The van der Waals surface area contributed by atoms with E-state index >= 15 is 0 Å². The molecule has 1 heterocycles. The fourth-order valence-electron chi connectivity index (χ4n) is 1.88. The maximum absolute atomic E-state index is 13.7. The Labute approximate surface area is 107 Å². The maximum atomic E-state index is 13.7. The molecule has 5 nitrogen and oxygen atoms in total. The molecule has 0 radical (unpaired) electrons. The molecule has 2 rings (SSSR count). The van der Waals surface area contributed by atoms with Crippen molar-refractivity contribution >= 4 is 11.3 Å². The van der Waals surface area contributed by atoms with Crippen LogP contribution in [-0.4, -0.2) is 23.2 Å². The van der Waals surface area contributed by atoms with Crippen molar-refractivity contribution in [3.8, 4) is 0 Å². The van der Waals surface area contributed by atoms with E-state index in [4.69, 9.17) is 18.8 Å². The first-order chi connectivity index (χ1) is 8.58. The zero-order valence-corrected chi connectivity index (χ0v) is 10.6. The number of hydrogen-bond donors (Lipinski definition) is 1. The van der Waals surface area contributed by atoms with E-state index in [0.717, 1.165) is 0 Å². The minimum atomic E-state index is -1.88. The van der Waals surface area contributed by atoms with Crippen molar-refractivity contribution in [1.29, 1.82) is 0 Å². The van der Waals surface area contributed by atoms with Crippen molar-refractivity contribution in [3.05, 3.63) is 35.6 Å². The lowest BCUT2D eigenvalue weighted by Crippen LogP contribution is -2.24. The molecule has 1 aromatic rings. The number of nitrogens with two attached hydrogens (primary N) is 1. The summed E-state index contributed by atoms with van der Waals surface area (Å²) in [5, 5.41) is 5.00. The van der Waals surface area contributed by atoms with Crippen molar-refractivity contribution < 1.29 is 22.3 Å². The highest BCUT2D eigenvalue weighted by Crippen LogP contribution is 2.33. The van der Waals surface area contributed by atoms with Gasteiger partial charge < -0.3 is 9.47 Å². The van der Waals surface area contributed by atoms with Gasteiger partial charge in [0.15, 0.2) is 6.29 Å². The van der Waals surface area contributed by atoms with Crippen molar-refractivity contribution in [3.63, 3.8) is 0 Å². The van der Waals surface area contributed by atoms with E-state index in [1.807, 2.05) is 0 Å². The summed E-state index contributed by atoms with van der Waals surface area (Å²) in [6.07, 6.45) is -1.61. The molecular weight excluding hydrogens is 261 g/mol. The van der Waals surface area contributed by atoms with Crippen LogP contribution in [0.2, 0.25) is 0 Å². The van der Waals surface area contributed by atoms with Gasteiger partial charge in [-0.2, -0.15) is 0 Å². The van der Waals surface area contributed by atoms with Crippen LogP contribution in [0.25, 0.3) is 0 Å². The molecule has 4 atom stereocenters. The molecule has 1 fully saturated rings. The van der Waals surface area contributed by atoms with Gasteiger partial charge in [-0.15, -0.1) is 0 Å². The van der Waals surface area contributed by atoms with Crippen molar-refractivity contribution in [2.24, 2.45) is 5.14 Å². The Hall–Kier alpha value is -0.860. The highest BCUT2D eigenvalue weighted by Gasteiger charge is 2.36. The van der Waals surface area contributed by atoms with Crippen LogP contribution in [0.3, 0.4) is 0 Å². The topological polar surface area (TPSA) is 70.8 Å². The minimum absolute atomic E-state index is 0.0214. The van der Waals surface area contributed by atoms with Gasteiger partial charge >= 0.3 is 0 Å². The van der Waals surface area contributed by atoms with Gasteiger partial charge in [0.1, 0.15) is 18.0 Å². The summed E-state index contributed by atoms with van der Waals surface area (Å²) in [5.74, 6) is -0.376. The minimum Gasteiger partial charge on any atom is -0.344 e. The average molecular weight is 275 g/mol. The Morgan fingerprint density at radius 3 is 2.83 bits per heavy atom. The van der Waals surface area contributed by atoms with E-state index in [2.05, 4.69) is 0 Å². The van der Waals surface area contributed by atoms with E-state index in [1.54, 1.807) is 25.1 Å². The lowest BCUT2D eigenvalue weighted by atomic mass is 10.0. The van der Waals surface area contributed by atoms with Crippen LogP contribution < -0.4 is 5.14 Å². The number of hydrogen-bond acceptors (Lipinski definition) is 4. The van der Waals surface area contributed by atoms with Gasteiger partial charge in [0, 0.05) is 5.56 Å². The predicted octanol–water partition coefficient (Wildman–Crippen LogP) is 1.18. The summed E-state index contributed by atoms with van der Waals surface area (Å²) in [6, 6.07) is 6.27. The summed E-state index contributed by atoms with van der Waals surface area (Å²) >= 11 is -1.88. The smallest absolute Gasteiger partial charge is 0.231 e. The number of ether oxygens (including phenoxy) is 2. The highest BCUT2D eigenvalue weighted by atomic mass is 32.2. The number of benzene rings is 1. The third-order valence-corrected chi connectivity index (χ3v) is 2.97. The first kappa shape index (κ1) is 13.6. The molecule has 0 amide bonds. The largest absolute Gasteiger partial charge is 0.344 e. The Morgan fingerprint density at radius 2 is 2.17 bits per heavy atom. The third-order valence-electron chi connectivity index (χ3n) is 2.60. The van der Waals surface area contributed by atoms with E-state index in [9.17, 15) is 8.60 Å². The molecule has 1 aliphatic heterocycles. The second-order valence-electron chi connectivity index (χ2n) is 3.87. The molecule has 100 valence electrons. The lowest BCUT2D eigenvalue weighted by Gasteiger charge is -2.16. The van der Waals surface area contributed by atoms with Crippen LogP contribution in [0.1, 0.15) is 18.6 Å². The molecule has 0 spiro atoms.